The quantitative estimate of drug-likeness (QED) is 0.875. The summed E-state index contributed by atoms with van der Waals surface area (Å²) in [4.78, 5) is 11.8. The summed E-state index contributed by atoms with van der Waals surface area (Å²) >= 11 is 6.00. The maximum absolute atomic E-state index is 11.8. The Hall–Kier alpha value is -0.860. The molecule has 0 spiro atoms. The summed E-state index contributed by atoms with van der Waals surface area (Å²) in [5.74, 6) is 0.190. The summed E-state index contributed by atoms with van der Waals surface area (Å²) in [6, 6.07) is 7.47. The topological polar surface area (TPSA) is 43.1 Å². The van der Waals surface area contributed by atoms with Crippen LogP contribution in [0.25, 0.3) is 0 Å². The summed E-state index contributed by atoms with van der Waals surface area (Å²) in [6.07, 6.45) is 3.98. The summed E-state index contributed by atoms with van der Waals surface area (Å²) < 4.78 is 0. The minimum absolute atomic E-state index is 0.190. The average Bonchev–Trinajstić information content (AvgIpc) is 2.19. The molecule has 0 heterocycles. The fourth-order valence-electron chi connectivity index (χ4n) is 2.12. The van der Waals surface area contributed by atoms with Gasteiger partial charge in [-0.15, -0.1) is 0 Å². The molecule has 1 aliphatic carbocycles. The molecule has 1 saturated carbocycles. The molecule has 0 aliphatic heterocycles. The first kappa shape index (κ1) is 11.6. The molecule has 2 N–H and O–H groups in total. The zero-order valence-corrected chi connectivity index (χ0v) is 9.96. The maximum atomic E-state index is 11.8. The van der Waals surface area contributed by atoms with Crippen molar-refractivity contribution in [2.45, 2.75) is 37.6 Å². The zero-order valence-electron chi connectivity index (χ0n) is 9.21. The van der Waals surface area contributed by atoms with Crippen LogP contribution in [0, 0.1) is 0 Å². The standard InChI is InChI=1S/C13H16ClNO/c14-12-5-2-1-4-10(12)8-11(16)9-13(15)6-3-7-13/h1-2,4-5H,3,6-9,15H2. The molecule has 0 bridgehead atoms. The van der Waals surface area contributed by atoms with Gasteiger partial charge in [-0.05, 0) is 30.9 Å². The van der Waals surface area contributed by atoms with Gasteiger partial charge in [-0.2, -0.15) is 0 Å². The van der Waals surface area contributed by atoms with Gasteiger partial charge in [-0.1, -0.05) is 29.8 Å². The molecule has 1 aromatic rings. The van der Waals surface area contributed by atoms with E-state index in [1.807, 2.05) is 24.3 Å². The Morgan fingerprint density at radius 1 is 1.38 bits per heavy atom. The van der Waals surface area contributed by atoms with E-state index in [9.17, 15) is 4.79 Å². The van der Waals surface area contributed by atoms with Gasteiger partial charge in [0.2, 0.25) is 0 Å². The Morgan fingerprint density at radius 2 is 2.06 bits per heavy atom. The van der Waals surface area contributed by atoms with Gasteiger partial charge in [-0.25, -0.2) is 0 Å². The van der Waals surface area contributed by atoms with Crippen molar-refractivity contribution in [3.63, 3.8) is 0 Å². The van der Waals surface area contributed by atoms with Crippen LogP contribution in [0.3, 0.4) is 0 Å². The predicted octanol–water partition coefficient (Wildman–Crippen LogP) is 2.72. The molecule has 0 saturated heterocycles. The van der Waals surface area contributed by atoms with Crippen molar-refractivity contribution in [1.29, 1.82) is 0 Å². The third kappa shape index (κ3) is 2.63. The highest BCUT2D eigenvalue weighted by molar-refractivity contribution is 6.31. The molecule has 0 radical (unpaired) electrons. The van der Waals surface area contributed by atoms with E-state index < -0.39 is 0 Å². The highest BCUT2D eigenvalue weighted by Crippen LogP contribution is 2.32. The van der Waals surface area contributed by atoms with Crippen LogP contribution in [0.5, 0.6) is 0 Å². The number of ketones is 1. The van der Waals surface area contributed by atoms with Crippen molar-refractivity contribution < 1.29 is 4.79 Å². The van der Waals surface area contributed by atoms with Crippen LogP contribution in [0.15, 0.2) is 24.3 Å². The van der Waals surface area contributed by atoms with Gasteiger partial charge in [0.1, 0.15) is 5.78 Å². The third-order valence-corrected chi connectivity index (χ3v) is 3.61. The van der Waals surface area contributed by atoms with Crippen LogP contribution in [0.2, 0.25) is 5.02 Å². The molecule has 2 rings (SSSR count). The second-order valence-electron chi connectivity index (χ2n) is 4.70. The first-order chi connectivity index (χ1) is 7.59. The van der Waals surface area contributed by atoms with E-state index in [0.29, 0.717) is 17.9 Å². The Balaban J connectivity index is 1.95. The van der Waals surface area contributed by atoms with Crippen LogP contribution >= 0.6 is 11.6 Å². The molecule has 1 aliphatic rings. The second kappa shape index (κ2) is 4.56. The minimum atomic E-state index is -0.224. The lowest BCUT2D eigenvalue weighted by Crippen LogP contribution is -2.48. The number of benzene rings is 1. The van der Waals surface area contributed by atoms with Crippen molar-refractivity contribution in [2.24, 2.45) is 5.73 Å². The largest absolute Gasteiger partial charge is 0.325 e. The molecule has 16 heavy (non-hydrogen) atoms. The fourth-order valence-corrected chi connectivity index (χ4v) is 2.32. The lowest BCUT2D eigenvalue weighted by molar-refractivity contribution is -0.120. The predicted molar refractivity (Wildman–Crippen MR) is 65.5 cm³/mol. The van der Waals surface area contributed by atoms with Crippen LogP contribution < -0.4 is 5.73 Å². The van der Waals surface area contributed by atoms with E-state index in [2.05, 4.69) is 0 Å². The van der Waals surface area contributed by atoms with Crippen molar-refractivity contribution in [3.8, 4) is 0 Å². The molecule has 0 aromatic heterocycles. The molecule has 0 unspecified atom stereocenters. The van der Waals surface area contributed by atoms with E-state index in [4.69, 9.17) is 17.3 Å². The van der Waals surface area contributed by atoms with Crippen molar-refractivity contribution in [3.05, 3.63) is 34.9 Å². The van der Waals surface area contributed by atoms with Crippen LogP contribution in [-0.4, -0.2) is 11.3 Å². The number of carbonyl (C=O) groups excluding carboxylic acids is 1. The molecule has 1 fully saturated rings. The Labute approximate surface area is 101 Å². The summed E-state index contributed by atoms with van der Waals surface area (Å²) in [5.41, 5.74) is 6.72. The van der Waals surface area contributed by atoms with Crippen molar-refractivity contribution in [2.75, 3.05) is 0 Å². The first-order valence-corrected chi connectivity index (χ1v) is 6.01. The van der Waals surface area contributed by atoms with E-state index in [-0.39, 0.29) is 11.3 Å². The van der Waals surface area contributed by atoms with Gasteiger partial charge in [0, 0.05) is 23.4 Å². The molecule has 0 atom stereocenters. The minimum Gasteiger partial charge on any atom is -0.325 e. The van der Waals surface area contributed by atoms with E-state index >= 15 is 0 Å². The molecular formula is C13H16ClNO. The van der Waals surface area contributed by atoms with Crippen molar-refractivity contribution >= 4 is 17.4 Å². The SMILES string of the molecule is NC1(CC(=O)Cc2ccccc2Cl)CCC1. The van der Waals surface area contributed by atoms with E-state index in [1.54, 1.807) is 0 Å². The summed E-state index contributed by atoms with van der Waals surface area (Å²) in [7, 11) is 0. The molecule has 3 heteroatoms. The van der Waals surface area contributed by atoms with Gasteiger partial charge in [0.05, 0.1) is 0 Å². The zero-order chi connectivity index (χ0) is 11.6. The average molecular weight is 238 g/mol. The molecule has 2 nitrogen and oxygen atoms in total. The highest BCUT2D eigenvalue weighted by atomic mass is 35.5. The summed E-state index contributed by atoms with van der Waals surface area (Å²) in [5, 5.41) is 0.663. The Kier molecular flexibility index (Phi) is 3.31. The maximum Gasteiger partial charge on any atom is 0.139 e. The molecule has 1 aromatic carbocycles. The number of Topliss-reactive ketones (excluding diaryl/α,β-unsaturated/α-hetero) is 1. The first-order valence-electron chi connectivity index (χ1n) is 5.63. The fraction of sp³-hybridized carbons (Fsp3) is 0.462. The number of rotatable bonds is 4. The van der Waals surface area contributed by atoms with Crippen LogP contribution in [0.1, 0.15) is 31.2 Å². The number of nitrogens with two attached hydrogens (primary N) is 1. The number of halogens is 1. The van der Waals surface area contributed by atoms with Crippen molar-refractivity contribution in [1.82, 2.24) is 0 Å². The normalized spacial score (nSPS) is 17.9. The number of hydrogen-bond acceptors (Lipinski definition) is 2. The smallest absolute Gasteiger partial charge is 0.139 e. The number of carbonyl (C=O) groups is 1. The van der Waals surface area contributed by atoms with E-state index in [0.717, 1.165) is 24.8 Å². The Morgan fingerprint density at radius 3 is 2.62 bits per heavy atom. The monoisotopic (exact) mass is 237 g/mol. The van der Waals surface area contributed by atoms with Gasteiger partial charge in [0.25, 0.3) is 0 Å². The lowest BCUT2D eigenvalue weighted by atomic mass is 9.74. The third-order valence-electron chi connectivity index (χ3n) is 3.24. The molecule has 86 valence electrons. The van der Waals surface area contributed by atoms with E-state index in [1.165, 1.54) is 0 Å². The van der Waals surface area contributed by atoms with Gasteiger partial charge in [0.15, 0.2) is 0 Å². The van der Waals surface area contributed by atoms with Gasteiger partial charge < -0.3 is 5.73 Å². The Bertz CT molecular complexity index is 399. The molecule has 0 amide bonds. The van der Waals surface area contributed by atoms with Crippen LogP contribution in [0.4, 0.5) is 0 Å². The van der Waals surface area contributed by atoms with Gasteiger partial charge >= 0.3 is 0 Å². The second-order valence-corrected chi connectivity index (χ2v) is 5.11. The number of hydrogen-bond donors (Lipinski definition) is 1. The lowest BCUT2D eigenvalue weighted by Gasteiger charge is -2.37. The van der Waals surface area contributed by atoms with Crippen LogP contribution in [-0.2, 0) is 11.2 Å². The highest BCUT2D eigenvalue weighted by Gasteiger charge is 2.34. The van der Waals surface area contributed by atoms with Gasteiger partial charge in [-0.3, -0.25) is 4.79 Å². The summed E-state index contributed by atoms with van der Waals surface area (Å²) in [6.45, 7) is 0. The molecular weight excluding hydrogens is 222 g/mol.